The summed E-state index contributed by atoms with van der Waals surface area (Å²) in [6, 6.07) is 22.0. The van der Waals surface area contributed by atoms with Crippen LogP contribution in [0.2, 0.25) is 0 Å². The van der Waals surface area contributed by atoms with E-state index in [9.17, 15) is 14.0 Å². The summed E-state index contributed by atoms with van der Waals surface area (Å²) in [5, 5.41) is 11.4. The normalized spacial score (nSPS) is 16.4. The number of carbonyl (C=O) groups is 2. The van der Waals surface area contributed by atoms with Gasteiger partial charge in [-0.25, -0.2) is 9.29 Å². The Hall–Kier alpha value is -3.71. The van der Waals surface area contributed by atoms with E-state index in [-0.39, 0.29) is 24.1 Å². The first kappa shape index (κ1) is 20.6. The molecule has 156 valence electrons. The van der Waals surface area contributed by atoms with Crippen molar-refractivity contribution in [3.63, 3.8) is 0 Å². The molecule has 1 aliphatic rings. The van der Waals surface area contributed by atoms with Crippen LogP contribution in [0, 0.1) is 5.82 Å². The maximum Gasteiger partial charge on any atom is 0.251 e. The van der Waals surface area contributed by atoms with Crippen LogP contribution in [0.3, 0.4) is 0 Å². The second-order valence-electron chi connectivity index (χ2n) is 7.17. The molecule has 0 aromatic heterocycles. The van der Waals surface area contributed by atoms with Crippen LogP contribution < -0.4 is 10.2 Å². The van der Waals surface area contributed by atoms with Crippen molar-refractivity contribution in [3.05, 3.63) is 90.2 Å². The zero-order valence-corrected chi connectivity index (χ0v) is 16.7. The Morgan fingerprint density at radius 2 is 1.52 bits per heavy atom. The first-order valence-electron chi connectivity index (χ1n) is 10.0. The lowest BCUT2D eigenvalue weighted by molar-refractivity contribution is -0.121. The summed E-state index contributed by atoms with van der Waals surface area (Å²) in [5.74, 6) is -0.853. The Balaban J connectivity index is 1.37. The van der Waals surface area contributed by atoms with E-state index in [2.05, 4.69) is 15.5 Å². The lowest BCUT2D eigenvalue weighted by Gasteiger charge is -2.15. The van der Waals surface area contributed by atoms with E-state index in [4.69, 9.17) is 0 Å². The van der Waals surface area contributed by atoms with Gasteiger partial charge in [-0.05, 0) is 54.4 Å². The summed E-state index contributed by atoms with van der Waals surface area (Å²) in [5.41, 5.74) is 2.42. The van der Waals surface area contributed by atoms with Crippen molar-refractivity contribution < 1.29 is 14.0 Å². The second kappa shape index (κ2) is 9.40. The molecule has 3 aromatic carbocycles. The summed E-state index contributed by atoms with van der Waals surface area (Å²) in [6.07, 6.45) is 0.511. The second-order valence-corrected chi connectivity index (χ2v) is 7.17. The monoisotopic (exact) mass is 416 g/mol. The number of nitrogens with zero attached hydrogens (tertiary/aromatic N) is 3. The van der Waals surface area contributed by atoms with Gasteiger partial charge in [-0.2, -0.15) is 10.2 Å². The molecule has 0 aliphatic carbocycles. The van der Waals surface area contributed by atoms with Crippen LogP contribution in [0.5, 0.6) is 0 Å². The first-order valence-corrected chi connectivity index (χ1v) is 10.0. The minimum Gasteiger partial charge on any atom is -0.305 e. The van der Waals surface area contributed by atoms with Gasteiger partial charge >= 0.3 is 0 Å². The molecule has 0 saturated carbocycles. The fourth-order valence-corrected chi connectivity index (χ4v) is 3.42. The average Bonchev–Trinajstić information content (AvgIpc) is 3.08. The fourth-order valence-electron chi connectivity index (χ4n) is 3.42. The van der Waals surface area contributed by atoms with Gasteiger partial charge < -0.3 is 5.32 Å². The molecule has 0 radical (unpaired) electrons. The molecule has 1 atom stereocenters. The third-order valence-corrected chi connectivity index (χ3v) is 5.03. The molecular weight excluding hydrogens is 395 g/mol. The molecule has 6 nitrogen and oxygen atoms in total. The van der Waals surface area contributed by atoms with E-state index in [1.54, 1.807) is 42.5 Å². The highest BCUT2D eigenvalue weighted by molar-refractivity contribution is 6.22. The molecule has 1 aliphatic heterocycles. The summed E-state index contributed by atoms with van der Waals surface area (Å²) in [4.78, 5) is 26.4. The van der Waals surface area contributed by atoms with Crippen LogP contribution in [-0.2, 0) is 16.0 Å². The molecule has 0 spiro atoms. The number of hydrogen-bond donors (Lipinski definition) is 1. The van der Waals surface area contributed by atoms with Crippen LogP contribution >= 0.6 is 0 Å². The topological polar surface area (TPSA) is 74.1 Å². The summed E-state index contributed by atoms with van der Waals surface area (Å²) >= 11 is 0. The lowest BCUT2D eigenvalue weighted by Crippen LogP contribution is -2.39. The van der Waals surface area contributed by atoms with Crippen molar-refractivity contribution in [1.82, 2.24) is 5.32 Å². The van der Waals surface area contributed by atoms with E-state index in [1.165, 1.54) is 11.0 Å². The van der Waals surface area contributed by atoms with Gasteiger partial charge in [0.1, 0.15) is 5.82 Å². The first-order chi connectivity index (χ1) is 15.1. The Labute approximate surface area is 179 Å². The van der Waals surface area contributed by atoms with E-state index in [0.29, 0.717) is 29.9 Å². The van der Waals surface area contributed by atoms with Gasteiger partial charge in [0.2, 0.25) is 5.91 Å². The largest absolute Gasteiger partial charge is 0.305 e. The quantitative estimate of drug-likeness (QED) is 0.448. The van der Waals surface area contributed by atoms with Crippen molar-refractivity contribution >= 4 is 28.9 Å². The van der Waals surface area contributed by atoms with Gasteiger partial charge in [-0.15, -0.1) is 0 Å². The highest BCUT2D eigenvalue weighted by atomic mass is 19.1. The van der Waals surface area contributed by atoms with Gasteiger partial charge in [0.15, 0.2) is 0 Å². The highest BCUT2D eigenvalue weighted by Crippen LogP contribution is 2.26. The number of imide groups is 1. The summed E-state index contributed by atoms with van der Waals surface area (Å²) in [7, 11) is 0. The lowest BCUT2D eigenvalue weighted by atomic mass is 10.1. The third-order valence-electron chi connectivity index (χ3n) is 5.03. The number of rotatable bonds is 7. The molecule has 1 heterocycles. The number of hydrogen-bond acceptors (Lipinski definition) is 5. The van der Waals surface area contributed by atoms with Gasteiger partial charge in [-0.1, -0.05) is 36.4 Å². The molecule has 1 saturated heterocycles. The Bertz CT molecular complexity index is 1100. The molecule has 0 bridgehead atoms. The molecule has 2 amide bonds. The van der Waals surface area contributed by atoms with Gasteiger partial charge in [0.05, 0.1) is 29.5 Å². The Morgan fingerprint density at radius 1 is 0.871 bits per heavy atom. The molecule has 31 heavy (non-hydrogen) atoms. The van der Waals surface area contributed by atoms with Crippen molar-refractivity contribution in [2.75, 3.05) is 11.4 Å². The fraction of sp³-hybridized carbons (Fsp3) is 0.167. The zero-order valence-electron chi connectivity index (χ0n) is 16.7. The molecular formula is C24H21FN4O2. The van der Waals surface area contributed by atoms with Crippen molar-refractivity contribution in [1.29, 1.82) is 0 Å². The number of benzene rings is 3. The van der Waals surface area contributed by atoms with E-state index in [1.807, 2.05) is 30.3 Å². The molecule has 1 N–H and O–H groups in total. The van der Waals surface area contributed by atoms with Crippen LogP contribution in [0.4, 0.5) is 21.5 Å². The number of azo groups is 1. The molecule has 1 fully saturated rings. The van der Waals surface area contributed by atoms with Crippen molar-refractivity contribution in [2.45, 2.75) is 18.9 Å². The number of halogens is 1. The Kier molecular flexibility index (Phi) is 6.24. The number of nitrogens with one attached hydrogen (secondary N) is 1. The van der Waals surface area contributed by atoms with Crippen LogP contribution in [0.25, 0.3) is 0 Å². The van der Waals surface area contributed by atoms with Crippen molar-refractivity contribution in [2.24, 2.45) is 10.2 Å². The van der Waals surface area contributed by atoms with Crippen LogP contribution in [0.1, 0.15) is 12.0 Å². The van der Waals surface area contributed by atoms with Crippen LogP contribution in [0.15, 0.2) is 89.1 Å². The third kappa shape index (κ3) is 4.90. The summed E-state index contributed by atoms with van der Waals surface area (Å²) < 4.78 is 13.7. The molecule has 0 unspecified atom stereocenters. The molecule has 7 heteroatoms. The number of amides is 2. The predicted molar refractivity (Wildman–Crippen MR) is 116 cm³/mol. The number of anilines is 1. The van der Waals surface area contributed by atoms with E-state index >= 15 is 0 Å². The highest BCUT2D eigenvalue weighted by Gasteiger charge is 2.39. The summed E-state index contributed by atoms with van der Waals surface area (Å²) in [6.45, 7) is 0.400. The molecule has 3 aromatic rings. The average molecular weight is 416 g/mol. The van der Waals surface area contributed by atoms with E-state index < -0.39 is 6.04 Å². The maximum absolute atomic E-state index is 13.7. The van der Waals surface area contributed by atoms with Gasteiger partial charge in [0.25, 0.3) is 5.91 Å². The molecule has 4 rings (SSSR count). The van der Waals surface area contributed by atoms with Gasteiger partial charge in [-0.3, -0.25) is 9.59 Å². The smallest absolute Gasteiger partial charge is 0.251 e. The SMILES string of the molecule is O=C1C[C@H](NCCc2ccccc2F)C(=O)N1c1ccc(N=Nc2ccccc2)cc1. The maximum atomic E-state index is 13.7. The zero-order chi connectivity index (χ0) is 21.6. The van der Waals surface area contributed by atoms with Crippen LogP contribution in [-0.4, -0.2) is 24.4 Å². The standard InChI is InChI=1S/C24H21FN4O2/c25-21-9-5-4-6-17(21)14-15-26-22-16-23(30)29(24(22)31)20-12-10-19(11-13-20)28-27-18-7-2-1-3-8-18/h1-13,22,26H,14-16H2/t22-/m0/s1. The van der Waals surface area contributed by atoms with Crippen molar-refractivity contribution in [3.8, 4) is 0 Å². The predicted octanol–water partition coefficient (Wildman–Crippen LogP) is 4.71. The van der Waals surface area contributed by atoms with Gasteiger partial charge in [0, 0.05) is 6.54 Å². The van der Waals surface area contributed by atoms with E-state index in [0.717, 1.165) is 5.69 Å². The Morgan fingerprint density at radius 3 is 2.23 bits per heavy atom. The number of carbonyl (C=O) groups excluding carboxylic acids is 2. The minimum atomic E-state index is -0.614. The minimum absolute atomic E-state index is 0.0750.